The summed E-state index contributed by atoms with van der Waals surface area (Å²) in [5.41, 5.74) is 1.43. The van der Waals surface area contributed by atoms with Crippen molar-refractivity contribution in [3.8, 4) is 0 Å². The molecule has 3 atom stereocenters. The summed E-state index contributed by atoms with van der Waals surface area (Å²) in [5, 5.41) is 0. The number of fused-ring (bicyclic) bond motifs is 1. The zero-order valence-electron chi connectivity index (χ0n) is 11.2. The Balaban J connectivity index is 2.37. The molecule has 94 valence electrons. The van der Waals surface area contributed by atoms with Crippen LogP contribution in [0.3, 0.4) is 0 Å². The minimum Gasteiger partial charge on any atom is -0.384 e. The van der Waals surface area contributed by atoms with Gasteiger partial charge in [0.2, 0.25) is 0 Å². The van der Waals surface area contributed by atoms with Crippen molar-refractivity contribution < 1.29 is 9.53 Å². The molecule has 0 fully saturated rings. The van der Waals surface area contributed by atoms with E-state index in [1.807, 2.05) is 0 Å². The molecule has 0 aromatic carbocycles. The first kappa shape index (κ1) is 12.6. The van der Waals surface area contributed by atoms with Crippen molar-refractivity contribution in [1.29, 1.82) is 0 Å². The minimum atomic E-state index is 0.111. The van der Waals surface area contributed by atoms with Gasteiger partial charge in [-0.15, -0.1) is 0 Å². The second kappa shape index (κ2) is 4.41. The summed E-state index contributed by atoms with van der Waals surface area (Å²) < 4.78 is 5.30. The van der Waals surface area contributed by atoms with E-state index in [9.17, 15) is 4.79 Å². The van der Waals surface area contributed by atoms with Gasteiger partial charge in [0.05, 0.1) is 6.61 Å². The van der Waals surface area contributed by atoms with E-state index >= 15 is 0 Å². The van der Waals surface area contributed by atoms with Crippen LogP contribution in [0.1, 0.15) is 27.2 Å². The molecule has 0 saturated carbocycles. The van der Waals surface area contributed by atoms with Crippen LogP contribution in [0, 0.1) is 23.2 Å². The van der Waals surface area contributed by atoms with E-state index in [-0.39, 0.29) is 23.0 Å². The summed E-state index contributed by atoms with van der Waals surface area (Å²) in [6.07, 6.45) is 7.16. The molecule has 0 bridgehead atoms. The van der Waals surface area contributed by atoms with Crippen molar-refractivity contribution in [1.82, 2.24) is 0 Å². The normalized spacial score (nSPS) is 35.4. The molecule has 0 amide bonds. The van der Waals surface area contributed by atoms with Crippen molar-refractivity contribution >= 4 is 5.78 Å². The molecule has 0 radical (unpaired) electrons. The molecular weight excluding hydrogens is 212 g/mol. The van der Waals surface area contributed by atoms with Crippen molar-refractivity contribution in [2.24, 2.45) is 23.2 Å². The van der Waals surface area contributed by atoms with Crippen LogP contribution in [0.5, 0.6) is 0 Å². The van der Waals surface area contributed by atoms with Gasteiger partial charge in [0, 0.05) is 18.9 Å². The van der Waals surface area contributed by atoms with E-state index < -0.39 is 0 Å². The molecular formula is C15H22O2. The summed E-state index contributed by atoms with van der Waals surface area (Å²) >= 11 is 0. The first-order valence-corrected chi connectivity index (χ1v) is 6.36. The van der Waals surface area contributed by atoms with Gasteiger partial charge >= 0.3 is 0 Å². The van der Waals surface area contributed by atoms with E-state index in [4.69, 9.17) is 4.74 Å². The monoisotopic (exact) mass is 234 g/mol. The molecule has 17 heavy (non-hydrogen) atoms. The van der Waals surface area contributed by atoms with E-state index in [0.717, 1.165) is 6.42 Å². The van der Waals surface area contributed by atoms with E-state index in [1.165, 1.54) is 5.57 Å². The fourth-order valence-corrected chi connectivity index (χ4v) is 3.28. The lowest BCUT2D eigenvalue weighted by atomic mass is 9.58. The number of carbonyl (C=O) groups excluding carboxylic acids is 1. The Kier molecular flexibility index (Phi) is 3.26. The van der Waals surface area contributed by atoms with Crippen LogP contribution in [0.25, 0.3) is 0 Å². The molecule has 2 aliphatic carbocycles. The number of hydrogen-bond acceptors (Lipinski definition) is 2. The molecule has 0 aromatic heterocycles. The number of methoxy groups -OCH3 is 1. The highest BCUT2D eigenvalue weighted by Gasteiger charge is 2.45. The van der Waals surface area contributed by atoms with Crippen LogP contribution < -0.4 is 0 Å². The molecule has 0 spiro atoms. The maximum atomic E-state index is 12.2. The second-order valence-corrected chi connectivity index (χ2v) is 5.94. The van der Waals surface area contributed by atoms with Crippen molar-refractivity contribution in [3.63, 3.8) is 0 Å². The third kappa shape index (κ3) is 2.11. The van der Waals surface area contributed by atoms with Crippen LogP contribution in [0.4, 0.5) is 0 Å². The molecule has 2 heteroatoms. The van der Waals surface area contributed by atoms with Crippen LogP contribution in [-0.2, 0) is 9.53 Å². The zero-order chi connectivity index (χ0) is 12.6. The lowest BCUT2D eigenvalue weighted by Crippen LogP contribution is -2.44. The summed E-state index contributed by atoms with van der Waals surface area (Å²) in [4.78, 5) is 12.2. The smallest absolute Gasteiger partial charge is 0.159 e. The Labute approximate surface area is 104 Å². The highest BCUT2D eigenvalue weighted by Crippen LogP contribution is 2.48. The highest BCUT2D eigenvalue weighted by molar-refractivity contribution is 5.93. The second-order valence-electron chi connectivity index (χ2n) is 5.94. The van der Waals surface area contributed by atoms with E-state index in [2.05, 4.69) is 32.9 Å². The number of ether oxygens (including phenoxy) is 1. The molecule has 0 aliphatic heterocycles. The summed E-state index contributed by atoms with van der Waals surface area (Å²) in [5.74, 6) is 1.07. The highest BCUT2D eigenvalue weighted by atomic mass is 16.5. The van der Waals surface area contributed by atoms with E-state index in [0.29, 0.717) is 12.5 Å². The molecule has 0 N–H and O–H groups in total. The van der Waals surface area contributed by atoms with E-state index in [1.54, 1.807) is 13.2 Å². The average Bonchev–Trinajstić information content (AvgIpc) is 2.27. The maximum absolute atomic E-state index is 12.2. The van der Waals surface area contributed by atoms with Crippen LogP contribution in [0.15, 0.2) is 23.8 Å². The van der Waals surface area contributed by atoms with Crippen LogP contribution in [0.2, 0.25) is 0 Å². The van der Waals surface area contributed by atoms with Crippen LogP contribution >= 0.6 is 0 Å². The molecule has 0 aromatic rings. The Morgan fingerprint density at radius 3 is 2.82 bits per heavy atom. The zero-order valence-corrected chi connectivity index (χ0v) is 11.2. The van der Waals surface area contributed by atoms with Crippen molar-refractivity contribution in [2.75, 3.05) is 13.7 Å². The first-order valence-electron chi connectivity index (χ1n) is 6.36. The number of rotatable bonds is 2. The summed E-state index contributed by atoms with van der Waals surface area (Å²) in [6.45, 7) is 7.23. The van der Waals surface area contributed by atoms with Crippen LogP contribution in [-0.4, -0.2) is 19.5 Å². The lowest BCUT2D eigenvalue weighted by molar-refractivity contribution is -0.125. The number of hydrogen-bond donors (Lipinski definition) is 0. The summed E-state index contributed by atoms with van der Waals surface area (Å²) in [7, 11) is 1.71. The fraction of sp³-hybridized carbons (Fsp3) is 0.667. The Morgan fingerprint density at radius 1 is 1.47 bits per heavy atom. The van der Waals surface area contributed by atoms with Crippen molar-refractivity contribution in [3.05, 3.63) is 23.8 Å². The number of ketones is 1. The Hall–Kier alpha value is -0.890. The van der Waals surface area contributed by atoms with Gasteiger partial charge in [-0.25, -0.2) is 0 Å². The number of allylic oxidation sites excluding steroid dienone is 3. The van der Waals surface area contributed by atoms with Gasteiger partial charge in [0.1, 0.15) is 0 Å². The maximum Gasteiger partial charge on any atom is 0.159 e. The van der Waals surface area contributed by atoms with Gasteiger partial charge in [-0.3, -0.25) is 4.79 Å². The molecule has 0 heterocycles. The topological polar surface area (TPSA) is 26.3 Å². The third-order valence-electron chi connectivity index (χ3n) is 4.45. The van der Waals surface area contributed by atoms with Gasteiger partial charge in [0.15, 0.2) is 5.78 Å². The third-order valence-corrected chi connectivity index (χ3v) is 4.45. The standard InChI is InChI=1S/C15H22O2/c1-10-5-6-12-14(11(10)9-17-4)13(16)7-8-15(12,2)3/h5,7-8,11-12,14H,6,9H2,1-4H3/t11-,12+,14+/m0/s1. The average molecular weight is 234 g/mol. The van der Waals surface area contributed by atoms with Gasteiger partial charge in [-0.2, -0.15) is 0 Å². The van der Waals surface area contributed by atoms with Gasteiger partial charge in [0.25, 0.3) is 0 Å². The largest absolute Gasteiger partial charge is 0.384 e. The molecule has 2 rings (SSSR count). The predicted octanol–water partition coefficient (Wildman–Crippen LogP) is 3.00. The molecule has 2 nitrogen and oxygen atoms in total. The van der Waals surface area contributed by atoms with Gasteiger partial charge in [-0.05, 0) is 30.8 Å². The first-order chi connectivity index (χ1) is 7.97. The quantitative estimate of drug-likeness (QED) is 0.687. The van der Waals surface area contributed by atoms with Gasteiger partial charge < -0.3 is 4.74 Å². The molecule has 0 unspecified atom stereocenters. The Bertz CT molecular complexity index is 376. The van der Waals surface area contributed by atoms with Crippen molar-refractivity contribution in [2.45, 2.75) is 27.2 Å². The summed E-state index contributed by atoms with van der Waals surface area (Å²) in [6, 6.07) is 0. The Morgan fingerprint density at radius 2 is 2.18 bits per heavy atom. The fourth-order valence-electron chi connectivity index (χ4n) is 3.28. The minimum absolute atomic E-state index is 0.111. The number of carbonyl (C=O) groups is 1. The predicted molar refractivity (Wildman–Crippen MR) is 68.6 cm³/mol. The molecule has 2 aliphatic rings. The van der Waals surface area contributed by atoms with Gasteiger partial charge in [-0.1, -0.05) is 31.6 Å². The lowest BCUT2D eigenvalue weighted by Gasteiger charge is -2.45. The SMILES string of the molecule is COC[C@H]1C(C)=CC[C@@H]2[C@@H]1C(=O)C=CC2(C)C. The molecule has 0 saturated heterocycles.